The molecule has 0 spiro atoms. The number of rotatable bonds is 3. The summed E-state index contributed by atoms with van der Waals surface area (Å²) < 4.78 is 5.32. The number of nitrogens with zero attached hydrogens (tertiary/aromatic N) is 2. The van der Waals surface area contributed by atoms with Gasteiger partial charge < -0.3 is 29.9 Å². The van der Waals surface area contributed by atoms with Crippen LogP contribution in [-0.2, 0) is 9.53 Å². The summed E-state index contributed by atoms with van der Waals surface area (Å²) >= 11 is 0. The largest absolute Gasteiger partial charge is 0.444 e. The summed E-state index contributed by atoms with van der Waals surface area (Å²) in [5, 5.41) is 13.0. The fourth-order valence-corrected chi connectivity index (χ4v) is 3.07. The maximum Gasteiger partial charge on any atom is 0.410 e. The zero-order chi connectivity index (χ0) is 19.1. The Kier molecular flexibility index (Phi) is 4.70. The molecule has 26 heavy (non-hydrogen) atoms. The minimum absolute atomic E-state index is 0.194. The number of carbonyl (C=O) groups excluding carboxylic acids is 2. The van der Waals surface area contributed by atoms with Gasteiger partial charge >= 0.3 is 6.09 Å². The number of hydrogen-bond acceptors (Lipinski definition) is 5. The highest BCUT2D eigenvalue weighted by atomic mass is 16.6. The molecule has 0 saturated carbocycles. The van der Waals surface area contributed by atoms with Gasteiger partial charge in [-0.3, -0.25) is 4.79 Å². The van der Waals surface area contributed by atoms with Crippen molar-refractivity contribution in [1.29, 1.82) is 0 Å². The number of aromatic nitrogens is 1. The maximum absolute atomic E-state index is 12.6. The number of carbonyl (C=O) groups is 2. The lowest BCUT2D eigenvalue weighted by Gasteiger charge is -2.39. The van der Waals surface area contributed by atoms with Gasteiger partial charge in [0, 0.05) is 50.6 Å². The molecule has 3 heterocycles. The smallest absolute Gasteiger partial charge is 0.410 e. The van der Waals surface area contributed by atoms with E-state index >= 15 is 0 Å². The number of likely N-dealkylation sites (tertiary alicyclic amines) is 1. The van der Waals surface area contributed by atoms with Crippen LogP contribution >= 0.6 is 0 Å². The van der Waals surface area contributed by atoms with Gasteiger partial charge in [-0.2, -0.15) is 0 Å². The molecule has 0 aromatic carbocycles. The lowest BCUT2D eigenvalue weighted by molar-refractivity contribution is -0.116. The molecule has 1 fully saturated rings. The molecule has 142 valence electrons. The fourth-order valence-electron chi connectivity index (χ4n) is 3.07. The van der Waals surface area contributed by atoms with Gasteiger partial charge in [-0.1, -0.05) is 0 Å². The average Bonchev–Trinajstić information content (AvgIpc) is 2.97. The van der Waals surface area contributed by atoms with Gasteiger partial charge in [-0.25, -0.2) is 4.79 Å². The van der Waals surface area contributed by atoms with Crippen LogP contribution in [0.3, 0.4) is 0 Å². The molecule has 1 aromatic heterocycles. The van der Waals surface area contributed by atoms with Gasteiger partial charge in [0.1, 0.15) is 5.60 Å². The van der Waals surface area contributed by atoms with Crippen LogP contribution in [0, 0.1) is 5.92 Å². The van der Waals surface area contributed by atoms with Crippen molar-refractivity contribution in [3.8, 4) is 0 Å². The minimum atomic E-state index is -0.787. The quantitative estimate of drug-likeness (QED) is 0.752. The lowest BCUT2D eigenvalue weighted by atomic mass is 9.99. The first-order valence-electron chi connectivity index (χ1n) is 8.71. The van der Waals surface area contributed by atoms with E-state index in [0.29, 0.717) is 36.5 Å². The first-order valence-corrected chi connectivity index (χ1v) is 8.71. The van der Waals surface area contributed by atoms with Gasteiger partial charge in [-0.05, 0) is 26.8 Å². The van der Waals surface area contributed by atoms with E-state index in [1.54, 1.807) is 35.3 Å². The number of H-pyrrole nitrogens is 1. The Morgan fingerprint density at radius 3 is 2.73 bits per heavy atom. The van der Waals surface area contributed by atoms with Crippen molar-refractivity contribution in [2.24, 2.45) is 5.92 Å². The second-order valence-electron chi connectivity index (χ2n) is 7.85. The van der Waals surface area contributed by atoms with Crippen molar-refractivity contribution < 1.29 is 19.4 Å². The van der Waals surface area contributed by atoms with Crippen molar-refractivity contribution in [3.05, 3.63) is 29.7 Å². The van der Waals surface area contributed by atoms with Gasteiger partial charge in [-0.15, -0.1) is 0 Å². The van der Waals surface area contributed by atoms with E-state index in [1.807, 2.05) is 20.8 Å². The highest BCUT2D eigenvalue weighted by Crippen LogP contribution is 2.31. The predicted molar refractivity (Wildman–Crippen MR) is 95.8 cm³/mol. The summed E-state index contributed by atoms with van der Waals surface area (Å²) in [7, 11) is 1.71. The van der Waals surface area contributed by atoms with Crippen molar-refractivity contribution in [2.75, 3.05) is 26.7 Å². The van der Waals surface area contributed by atoms with Crippen LogP contribution in [0.25, 0.3) is 5.57 Å². The Bertz CT molecular complexity index is 728. The summed E-state index contributed by atoms with van der Waals surface area (Å²) in [6, 6.07) is 1.78. The van der Waals surface area contributed by atoms with Crippen LogP contribution in [0.5, 0.6) is 0 Å². The standard InChI is InChI=1S/C18H26N4O4/c1-18(2,3)26-17(25)22-8-11(9-22)7-20-15(23)13-10-21(4)16(24)14-12(13)5-6-19-14/h5-6,10-11,16,19,24H,7-9H2,1-4H3,(H,20,23). The normalized spacial score (nSPS) is 20.2. The van der Waals surface area contributed by atoms with E-state index in [2.05, 4.69) is 10.3 Å². The van der Waals surface area contributed by atoms with E-state index in [0.717, 1.165) is 0 Å². The van der Waals surface area contributed by atoms with Crippen LogP contribution in [0.1, 0.15) is 38.3 Å². The molecule has 2 aliphatic heterocycles. The molecule has 0 radical (unpaired) electrons. The molecule has 1 atom stereocenters. The SMILES string of the molecule is CN1C=C(C(=O)NCC2CN(C(=O)OC(C)(C)C)C2)c2cc[nH]c2C1O. The maximum atomic E-state index is 12.6. The molecule has 3 N–H and O–H groups in total. The fraction of sp³-hybridized carbons (Fsp3) is 0.556. The molecule has 3 rings (SSSR count). The van der Waals surface area contributed by atoms with Gasteiger partial charge in [0.2, 0.25) is 0 Å². The Hall–Kier alpha value is -2.48. The minimum Gasteiger partial charge on any atom is -0.444 e. The number of aromatic amines is 1. The van der Waals surface area contributed by atoms with Gasteiger partial charge in [0.25, 0.3) is 5.91 Å². The zero-order valence-electron chi connectivity index (χ0n) is 15.6. The summed E-state index contributed by atoms with van der Waals surface area (Å²) in [5.41, 5.74) is 1.32. The highest BCUT2D eigenvalue weighted by Gasteiger charge is 2.34. The molecule has 8 heteroatoms. The molecular formula is C18H26N4O4. The topological polar surface area (TPSA) is 97.9 Å². The number of ether oxygens (including phenoxy) is 1. The molecule has 0 aliphatic carbocycles. The second kappa shape index (κ2) is 6.68. The van der Waals surface area contributed by atoms with E-state index in [1.165, 1.54) is 0 Å². The summed E-state index contributed by atoms with van der Waals surface area (Å²) in [6.45, 7) is 7.14. The van der Waals surface area contributed by atoms with Crippen molar-refractivity contribution in [1.82, 2.24) is 20.1 Å². The molecule has 2 amide bonds. The summed E-state index contributed by atoms with van der Waals surface area (Å²) in [5.74, 6) is 0.0185. The Labute approximate surface area is 152 Å². The second-order valence-corrected chi connectivity index (χ2v) is 7.85. The van der Waals surface area contributed by atoms with Crippen molar-refractivity contribution in [3.63, 3.8) is 0 Å². The molecule has 0 bridgehead atoms. The number of aliphatic hydroxyl groups excluding tert-OH is 1. The number of fused-ring (bicyclic) bond motifs is 1. The first-order chi connectivity index (χ1) is 12.2. The molecule has 1 unspecified atom stereocenters. The Balaban J connectivity index is 1.51. The summed E-state index contributed by atoms with van der Waals surface area (Å²) in [6.07, 6.45) is 2.25. The number of nitrogens with one attached hydrogen (secondary N) is 2. The zero-order valence-corrected chi connectivity index (χ0v) is 15.6. The summed E-state index contributed by atoms with van der Waals surface area (Å²) in [4.78, 5) is 30.7. The van der Waals surface area contributed by atoms with Crippen LogP contribution < -0.4 is 5.32 Å². The van der Waals surface area contributed by atoms with Gasteiger partial charge in [0.05, 0.1) is 11.3 Å². The van der Waals surface area contributed by atoms with Gasteiger partial charge in [0.15, 0.2) is 6.23 Å². The third kappa shape index (κ3) is 3.70. The van der Waals surface area contributed by atoms with Crippen LogP contribution in [0.4, 0.5) is 4.79 Å². The van der Waals surface area contributed by atoms with Crippen LogP contribution in [0.15, 0.2) is 18.5 Å². The first kappa shape index (κ1) is 18.3. The average molecular weight is 362 g/mol. The molecule has 2 aliphatic rings. The van der Waals surface area contributed by atoms with E-state index in [4.69, 9.17) is 4.74 Å². The van der Waals surface area contributed by atoms with Crippen LogP contribution in [0.2, 0.25) is 0 Å². The van der Waals surface area contributed by atoms with E-state index in [-0.39, 0.29) is 17.9 Å². The molecule has 1 saturated heterocycles. The predicted octanol–water partition coefficient (Wildman–Crippen LogP) is 1.27. The molecule has 1 aromatic rings. The Morgan fingerprint density at radius 1 is 1.38 bits per heavy atom. The van der Waals surface area contributed by atoms with E-state index < -0.39 is 11.8 Å². The number of amides is 2. The van der Waals surface area contributed by atoms with Crippen molar-refractivity contribution >= 4 is 17.6 Å². The molecule has 8 nitrogen and oxygen atoms in total. The lowest BCUT2D eigenvalue weighted by Crippen LogP contribution is -2.55. The third-order valence-corrected chi connectivity index (χ3v) is 4.45. The Morgan fingerprint density at radius 2 is 2.08 bits per heavy atom. The monoisotopic (exact) mass is 362 g/mol. The third-order valence-electron chi connectivity index (χ3n) is 4.45. The highest BCUT2D eigenvalue weighted by molar-refractivity contribution is 6.20. The molecular weight excluding hydrogens is 336 g/mol. The van der Waals surface area contributed by atoms with E-state index in [9.17, 15) is 14.7 Å². The van der Waals surface area contributed by atoms with Crippen molar-refractivity contribution in [2.45, 2.75) is 32.6 Å². The van der Waals surface area contributed by atoms with Crippen LogP contribution in [-0.4, -0.2) is 64.2 Å². The number of hydrogen-bond donors (Lipinski definition) is 3. The number of aliphatic hydroxyl groups is 1.